The smallest absolute Gasteiger partial charge is 0.256 e. The standard InChI is InChI=1S/C11H8ClIN2OS/c12-8-2-1-7(14)4-9(8)15-11(16)6-3-10(13)17-5-6/h1-5H,14H2,(H,15,16). The van der Waals surface area contributed by atoms with Crippen LogP contribution in [0, 0.1) is 2.88 Å². The molecule has 3 N–H and O–H groups in total. The van der Waals surface area contributed by atoms with E-state index in [2.05, 4.69) is 27.9 Å². The molecular formula is C11H8ClIN2OS. The van der Waals surface area contributed by atoms with E-state index in [4.69, 9.17) is 17.3 Å². The molecule has 3 nitrogen and oxygen atoms in total. The fourth-order valence-electron chi connectivity index (χ4n) is 1.26. The topological polar surface area (TPSA) is 55.1 Å². The van der Waals surface area contributed by atoms with Crippen LogP contribution in [0.2, 0.25) is 5.02 Å². The van der Waals surface area contributed by atoms with E-state index in [9.17, 15) is 4.79 Å². The van der Waals surface area contributed by atoms with Gasteiger partial charge in [0.2, 0.25) is 0 Å². The minimum Gasteiger partial charge on any atom is -0.399 e. The minimum absolute atomic E-state index is 0.184. The number of thiophene rings is 1. The van der Waals surface area contributed by atoms with Crippen LogP contribution in [0.5, 0.6) is 0 Å². The molecule has 2 aromatic rings. The second-order valence-electron chi connectivity index (χ2n) is 3.33. The predicted molar refractivity (Wildman–Crippen MR) is 80.9 cm³/mol. The summed E-state index contributed by atoms with van der Waals surface area (Å²) in [5.74, 6) is -0.184. The monoisotopic (exact) mass is 378 g/mol. The van der Waals surface area contributed by atoms with E-state index in [-0.39, 0.29) is 5.91 Å². The molecular weight excluding hydrogens is 371 g/mol. The van der Waals surface area contributed by atoms with Crippen LogP contribution in [-0.2, 0) is 0 Å². The van der Waals surface area contributed by atoms with Crippen molar-refractivity contribution in [2.24, 2.45) is 0 Å². The number of nitrogens with two attached hydrogens (primary N) is 1. The second-order valence-corrected chi connectivity index (χ2v) is 6.55. The Morgan fingerprint density at radius 2 is 2.18 bits per heavy atom. The molecule has 17 heavy (non-hydrogen) atoms. The highest BCUT2D eigenvalue weighted by Crippen LogP contribution is 2.25. The molecule has 1 aromatic heterocycles. The minimum atomic E-state index is -0.184. The number of nitrogens with one attached hydrogen (secondary N) is 1. The lowest BCUT2D eigenvalue weighted by molar-refractivity contribution is 0.102. The van der Waals surface area contributed by atoms with Crippen molar-refractivity contribution in [1.29, 1.82) is 0 Å². The summed E-state index contributed by atoms with van der Waals surface area (Å²) in [5.41, 5.74) is 7.35. The third-order valence-corrected chi connectivity index (χ3v) is 4.19. The molecule has 1 aromatic carbocycles. The van der Waals surface area contributed by atoms with Gasteiger partial charge in [-0.05, 0) is 46.9 Å². The van der Waals surface area contributed by atoms with Gasteiger partial charge in [-0.15, -0.1) is 11.3 Å². The quantitative estimate of drug-likeness (QED) is 0.616. The second kappa shape index (κ2) is 5.24. The summed E-state index contributed by atoms with van der Waals surface area (Å²) in [7, 11) is 0. The SMILES string of the molecule is Nc1ccc(Cl)c(NC(=O)c2csc(I)c2)c1. The molecule has 88 valence electrons. The lowest BCUT2D eigenvalue weighted by atomic mass is 10.2. The van der Waals surface area contributed by atoms with Crippen LogP contribution in [0.3, 0.4) is 0 Å². The summed E-state index contributed by atoms with van der Waals surface area (Å²) in [5, 5.41) is 5.01. The molecule has 0 aliphatic rings. The highest BCUT2D eigenvalue weighted by atomic mass is 127. The van der Waals surface area contributed by atoms with Gasteiger partial charge in [0.25, 0.3) is 5.91 Å². The van der Waals surface area contributed by atoms with E-state index in [1.54, 1.807) is 23.6 Å². The van der Waals surface area contributed by atoms with Crippen LogP contribution in [0.15, 0.2) is 29.6 Å². The van der Waals surface area contributed by atoms with E-state index < -0.39 is 0 Å². The van der Waals surface area contributed by atoms with Gasteiger partial charge in [0.1, 0.15) is 0 Å². The number of nitrogen functional groups attached to an aromatic ring is 1. The number of halogens is 2. The normalized spacial score (nSPS) is 10.2. The predicted octanol–water partition coefficient (Wildman–Crippen LogP) is 3.84. The Morgan fingerprint density at radius 3 is 2.82 bits per heavy atom. The highest BCUT2D eigenvalue weighted by Gasteiger charge is 2.10. The average molecular weight is 379 g/mol. The van der Waals surface area contributed by atoms with Crippen molar-refractivity contribution >= 4 is 62.8 Å². The maximum Gasteiger partial charge on any atom is 0.256 e. The van der Waals surface area contributed by atoms with Gasteiger partial charge in [0.05, 0.1) is 19.2 Å². The molecule has 0 radical (unpaired) electrons. The highest BCUT2D eigenvalue weighted by molar-refractivity contribution is 14.1. The van der Waals surface area contributed by atoms with Crippen molar-refractivity contribution in [3.8, 4) is 0 Å². The molecule has 0 bridgehead atoms. The van der Waals surface area contributed by atoms with Gasteiger partial charge in [-0.1, -0.05) is 11.6 Å². The zero-order valence-corrected chi connectivity index (χ0v) is 12.3. The summed E-state index contributed by atoms with van der Waals surface area (Å²) < 4.78 is 1.06. The number of hydrogen-bond donors (Lipinski definition) is 2. The van der Waals surface area contributed by atoms with Gasteiger partial charge in [0, 0.05) is 11.1 Å². The third kappa shape index (κ3) is 3.11. The number of benzene rings is 1. The van der Waals surface area contributed by atoms with Crippen LogP contribution in [-0.4, -0.2) is 5.91 Å². The Labute approximate surface area is 121 Å². The van der Waals surface area contributed by atoms with E-state index in [0.29, 0.717) is 22.0 Å². The van der Waals surface area contributed by atoms with Crippen molar-refractivity contribution in [3.63, 3.8) is 0 Å². The van der Waals surface area contributed by atoms with Gasteiger partial charge < -0.3 is 11.1 Å². The molecule has 0 fully saturated rings. The van der Waals surface area contributed by atoms with Crippen LogP contribution < -0.4 is 11.1 Å². The maximum absolute atomic E-state index is 11.9. The molecule has 0 unspecified atom stereocenters. The van der Waals surface area contributed by atoms with Crippen molar-refractivity contribution in [1.82, 2.24) is 0 Å². The first-order valence-corrected chi connectivity index (χ1v) is 7.00. The Kier molecular flexibility index (Phi) is 3.90. The molecule has 0 aliphatic heterocycles. The van der Waals surface area contributed by atoms with Crippen molar-refractivity contribution in [3.05, 3.63) is 43.1 Å². The third-order valence-electron chi connectivity index (χ3n) is 2.07. The zero-order chi connectivity index (χ0) is 12.4. The molecule has 0 atom stereocenters. The average Bonchev–Trinajstić information content (AvgIpc) is 2.70. The molecule has 0 aliphatic carbocycles. The van der Waals surface area contributed by atoms with Crippen LogP contribution >= 0.6 is 45.5 Å². The van der Waals surface area contributed by atoms with Gasteiger partial charge in [-0.3, -0.25) is 4.79 Å². The van der Waals surface area contributed by atoms with Gasteiger partial charge in [-0.25, -0.2) is 0 Å². The fraction of sp³-hybridized carbons (Fsp3) is 0. The summed E-state index contributed by atoms with van der Waals surface area (Å²) in [6, 6.07) is 6.80. The van der Waals surface area contributed by atoms with Gasteiger partial charge in [0.15, 0.2) is 0 Å². The molecule has 6 heteroatoms. The lowest BCUT2D eigenvalue weighted by Crippen LogP contribution is -2.11. The molecule has 0 spiro atoms. The van der Waals surface area contributed by atoms with Crippen molar-refractivity contribution in [2.45, 2.75) is 0 Å². The number of carbonyl (C=O) groups excluding carboxylic acids is 1. The Balaban J connectivity index is 2.21. The Morgan fingerprint density at radius 1 is 1.41 bits per heavy atom. The first-order chi connectivity index (χ1) is 8.06. The van der Waals surface area contributed by atoms with E-state index in [1.165, 1.54) is 11.3 Å². The summed E-state index contributed by atoms with van der Waals surface area (Å²) in [4.78, 5) is 11.9. The first kappa shape index (κ1) is 12.7. The number of carbonyl (C=O) groups is 1. The molecule has 2 rings (SSSR count). The van der Waals surface area contributed by atoms with E-state index in [0.717, 1.165) is 2.88 Å². The number of rotatable bonds is 2. The largest absolute Gasteiger partial charge is 0.399 e. The van der Waals surface area contributed by atoms with Crippen molar-refractivity contribution in [2.75, 3.05) is 11.1 Å². The fourth-order valence-corrected chi connectivity index (χ4v) is 2.75. The zero-order valence-electron chi connectivity index (χ0n) is 8.54. The molecule has 1 heterocycles. The van der Waals surface area contributed by atoms with Gasteiger partial charge >= 0.3 is 0 Å². The maximum atomic E-state index is 11.9. The van der Waals surface area contributed by atoms with Crippen molar-refractivity contribution < 1.29 is 4.79 Å². The molecule has 0 saturated heterocycles. The molecule has 1 amide bonds. The Bertz CT molecular complexity index is 570. The summed E-state index contributed by atoms with van der Waals surface area (Å²) in [6.45, 7) is 0. The number of anilines is 2. The molecule has 0 saturated carbocycles. The van der Waals surface area contributed by atoms with Crippen LogP contribution in [0.4, 0.5) is 11.4 Å². The van der Waals surface area contributed by atoms with Crippen LogP contribution in [0.1, 0.15) is 10.4 Å². The van der Waals surface area contributed by atoms with Crippen LogP contribution in [0.25, 0.3) is 0 Å². The lowest BCUT2D eigenvalue weighted by Gasteiger charge is -2.06. The number of amides is 1. The van der Waals surface area contributed by atoms with E-state index >= 15 is 0 Å². The van der Waals surface area contributed by atoms with E-state index in [1.807, 2.05) is 6.07 Å². The van der Waals surface area contributed by atoms with Gasteiger partial charge in [-0.2, -0.15) is 0 Å². The number of hydrogen-bond acceptors (Lipinski definition) is 3. The summed E-state index contributed by atoms with van der Waals surface area (Å²) in [6.07, 6.45) is 0. The Hall–Kier alpha value is -0.790. The summed E-state index contributed by atoms with van der Waals surface area (Å²) >= 11 is 9.65. The first-order valence-electron chi connectivity index (χ1n) is 4.66.